The summed E-state index contributed by atoms with van der Waals surface area (Å²) in [5.74, 6) is -0.944. The third-order valence-corrected chi connectivity index (χ3v) is 4.89. The molecule has 1 aromatic carbocycles. The normalized spacial score (nSPS) is 11.6. The van der Waals surface area contributed by atoms with Crippen molar-refractivity contribution in [3.8, 4) is 0 Å². The summed E-state index contributed by atoms with van der Waals surface area (Å²) in [6.45, 7) is 1.23. The Morgan fingerprint density at radius 3 is 2.69 bits per heavy atom. The standard InChI is InChI=1S/C17H12F3N5O2S2/c1-10(26)25(13-4-2-3-11(7-13)17(18,19)20)16-22-12(8-28-16)5-6-14(27)23-15-24-21-9-29-15/h2-9H,1H3,(H,23,24,27)/b6-5+. The van der Waals surface area contributed by atoms with Crippen LogP contribution in [0.25, 0.3) is 6.08 Å². The van der Waals surface area contributed by atoms with Gasteiger partial charge in [-0.1, -0.05) is 17.4 Å². The predicted octanol–water partition coefficient (Wildman–Crippen LogP) is 4.35. The number of rotatable bonds is 5. The van der Waals surface area contributed by atoms with Gasteiger partial charge in [-0.3, -0.25) is 19.8 Å². The van der Waals surface area contributed by atoms with Gasteiger partial charge in [0, 0.05) is 18.4 Å². The quantitative estimate of drug-likeness (QED) is 0.597. The zero-order valence-corrected chi connectivity index (χ0v) is 16.3. The van der Waals surface area contributed by atoms with Crippen molar-refractivity contribution in [1.29, 1.82) is 0 Å². The van der Waals surface area contributed by atoms with E-state index in [9.17, 15) is 22.8 Å². The number of hydrogen-bond donors (Lipinski definition) is 1. The first kappa shape index (κ1) is 20.6. The van der Waals surface area contributed by atoms with Crippen LogP contribution in [-0.4, -0.2) is 27.0 Å². The van der Waals surface area contributed by atoms with Gasteiger partial charge in [-0.25, -0.2) is 4.98 Å². The number of alkyl halides is 3. The van der Waals surface area contributed by atoms with Gasteiger partial charge < -0.3 is 0 Å². The lowest BCUT2D eigenvalue weighted by Crippen LogP contribution is -2.23. The van der Waals surface area contributed by atoms with Crippen molar-refractivity contribution in [1.82, 2.24) is 15.2 Å². The Bertz CT molecular complexity index is 1050. The second-order valence-corrected chi connectivity index (χ2v) is 7.19. The maximum atomic E-state index is 13.0. The van der Waals surface area contributed by atoms with Crippen molar-refractivity contribution in [3.05, 3.63) is 52.5 Å². The molecule has 3 aromatic rings. The van der Waals surface area contributed by atoms with Gasteiger partial charge in [-0.2, -0.15) is 13.2 Å². The summed E-state index contributed by atoms with van der Waals surface area (Å²) in [4.78, 5) is 29.2. The van der Waals surface area contributed by atoms with Crippen molar-refractivity contribution in [2.75, 3.05) is 10.2 Å². The molecule has 0 aliphatic heterocycles. The summed E-state index contributed by atoms with van der Waals surface area (Å²) in [5, 5.41) is 11.9. The van der Waals surface area contributed by atoms with Crippen molar-refractivity contribution in [3.63, 3.8) is 0 Å². The Kier molecular flexibility index (Phi) is 6.03. The molecule has 7 nitrogen and oxygen atoms in total. The van der Waals surface area contributed by atoms with E-state index in [1.165, 1.54) is 36.7 Å². The number of hydrogen-bond acceptors (Lipinski definition) is 7. The fraction of sp³-hybridized carbons (Fsp3) is 0.118. The molecule has 29 heavy (non-hydrogen) atoms. The highest BCUT2D eigenvalue weighted by molar-refractivity contribution is 7.14. The Balaban J connectivity index is 1.80. The van der Waals surface area contributed by atoms with Gasteiger partial charge in [-0.15, -0.1) is 21.5 Å². The first-order valence-electron chi connectivity index (χ1n) is 7.93. The van der Waals surface area contributed by atoms with E-state index in [2.05, 4.69) is 20.5 Å². The number of nitrogens with one attached hydrogen (secondary N) is 1. The molecule has 0 fully saturated rings. The van der Waals surface area contributed by atoms with Crippen LogP contribution in [0.1, 0.15) is 18.2 Å². The summed E-state index contributed by atoms with van der Waals surface area (Å²) < 4.78 is 38.9. The average Bonchev–Trinajstić information content (AvgIpc) is 3.32. The van der Waals surface area contributed by atoms with Gasteiger partial charge in [0.05, 0.1) is 16.9 Å². The van der Waals surface area contributed by atoms with E-state index in [4.69, 9.17) is 0 Å². The summed E-state index contributed by atoms with van der Waals surface area (Å²) >= 11 is 2.22. The second kappa shape index (κ2) is 8.49. The molecule has 0 spiro atoms. The van der Waals surface area contributed by atoms with E-state index in [-0.39, 0.29) is 10.8 Å². The molecule has 2 aromatic heterocycles. The molecule has 1 N–H and O–H groups in total. The molecule has 12 heteroatoms. The molecule has 0 atom stereocenters. The summed E-state index contributed by atoms with van der Waals surface area (Å²) in [5.41, 5.74) is 1.02. The smallest absolute Gasteiger partial charge is 0.297 e. The predicted molar refractivity (Wildman–Crippen MR) is 104 cm³/mol. The minimum atomic E-state index is -4.53. The third-order valence-electron chi connectivity index (χ3n) is 3.44. The molecule has 0 saturated heterocycles. The van der Waals surface area contributed by atoms with Gasteiger partial charge in [-0.05, 0) is 24.3 Å². The summed E-state index contributed by atoms with van der Waals surface area (Å²) in [6.07, 6.45) is -1.89. The van der Waals surface area contributed by atoms with Gasteiger partial charge >= 0.3 is 6.18 Å². The lowest BCUT2D eigenvalue weighted by molar-refractivity contribution is -0.137. The van der Waals surface area contributed by atoms with Gasteiger partial charge in [0.15, 0.2) is 5.13 Å². The molecular weight excluding hydrogens is 427 g/mol. The Morgan fingerprint density at radius 1 is 1.24 bits per heavy atom. The zero-order valence-electron chi connectivity index (χ0n) is 14.7. The van der Waals surface area contributed by atoms with Crippen LogP contribution >= 0.6 is 22.7 Å². The zero-order chi connectivity index (χ0) is 21.0. The fourth-order valence-corrected chi connectivity index (χ4v) is 3.54. The Hall–Kier alpha value is -3.12. The maximum Gasteiger partial charge on any atom is 0.416 e. The highest BCUT2D eigenvalue weighted by Crippen LogP contribution is 2.35. The summed E-state index contributed by atoms with van der Waals surface area (Å²) in [7, 11) is 0. The average molecular weight is 439 g/mol. The van der Waals surface area contributed by atoms with E-state index in [1.807, 2.05) is 0 Å². The number of nitrogens with zero attached hydrogens (tertiary/aromatic N) is 4. The lowest BCUT2D eigenvalue weighted by Gasteiger charge is -2.19. The van der Waals surface area contributed by atoms with Gasteiger partial charge in [0.1, 0.15) is 5.51 Å². The van der Waals surface area contributed by atoms with Crippen LogP contribution in [-0.2, 0) is 15.8 Å². The number of carbonyl (C=O) groups is 2. The molecule has 2 amide bonds. The first-order valence-corrected chi connectivity index (χ1v) is 9.68. The Labute approximate surface area is 170 Å². The first-order chi connectivity index (χ1) is 13.7. The molecule has 2 heterocycles. The number of anilines is 3. The largest absolute Gasteiger partial charge is 0.416 e. The van der Waals surface area contributed by atoms with E-state index < -0.39 is 23.6 Å². The minimum absolute atomic E-state index is 0.0474. The van der Waals surface area contributed by atoms with E-state index in [0.29, 0.717) is 10.8 Å². The van der Waals surface area contributed by atoms with Crippen LogP contribution < -0.4 is 10.2 Å². The van der Waals surface area contributed by atoms with Crippen LogP contribution in [0, 0.1) is 0 Å². The van der Waals surface area contributed by atoms with Gasteiger partial charge in [0.2, 0.25) is 16.9 Å². The molecule has 150 valence electrons. The fourth-order valence-electron chi connectivity index (χ4n) is 2.24. The van der Waals surface area contributed by atoms with Crippen LogP contribution in [0.4, 0.5) is 29.1 Å². The molecule has 3 rings (SSSR count). The Morgan fingerprint density at radius 2 is 2.03 bits per heavy atom. The van der Waals surface area contributed by atoms with Crippen molar-refractivity contribution >= 4 is 56.5 Å². The lowest BCUT2D eigenvalue weighted by atomic mass is 10.2. The number of amides is 2. The maximum absolute atomic E-state index is 13.0. The highest BCUT2D eigenvalue weighted by Gasteiger charge is 2.31. The molecule has 0 bridgehead atoms. The SMILES string of the molecule is CC(=O)N(c1cccc(C(F)(F)F)c1)c1nc(/C=C/C(=O)Nc2nncs2)cs1. The molecule has 0 unspecified atom stereocenters. The number of thiazole rings is 1. The van der Waals surface area contributed by atoms with E-state index in [0.717, 1.165) is 39.7 Å². The number of aromatic nitrogens is 3. The van der Waals surface area contributed by atoms with Crippen molar-refractivity contribution in [2.45, 2.75) is 13.1 Å². The molecule has 0 radical (unpaired) electrons. The van der Waals surface area contributed by atoms with Crippen molar-refractivity contribution in [2.24, 2.45) is 0 Å². The van der Waals surface area contributed by atoms with Crippen LogP contribution in [0.15, 0.2) is 41.2 Å². The summed E-state index contributed by atoms with van der Waals surface area (Å²) in [6, 6.07) is 4.42. The third kappa shape index (κ3) is 5.23. The number of halogens is 3. The molecular formula is C17H12F3N5O2S2. The second-order valence-electron chi connectivity index (χ2n) is 5.52. The van der Waals surface area contributed by atoms with Crippen LogP contribution in [0.5, 0.6) is 0 Å². The highest BCUT2D eigenvalue weighted by atomic mass is 32.1. The minimum Gasteiger partial charge on any atom is -0.297 e. The van der Waals surface area contributed by atoms with Crippen molar-refractivity contribution < 1.29 is 22.8 Å². The molecule has 0 aliphatic carbocycles. The van der Waals surface area contributed by atoms with Crippen LogP contribution in [0.2, 0.25) is 0 Å². The molecule has 0 aliphatic rings. The van der Waals surface area contributed by atoms with E-state index >= 15 is 0 Å². The topological polar surface area (TPSA) is 88.1 Å². The van der Waals surface area contributed by atoms with E-state index in [1.54, 1.807) is 5.38 Å². The molecule has 0 saturated carbocycles. The number of carbonyl (C=O) groups excluding carboxylic acids is 2. The number of benzene rings is 1. The monoisotopic (exact) mass is 439 g/mol. The van der Waals surface area contributed by atoms with Gasteiger partial charge in [0.25, 0.3) is 0 Å². The van der Waals surface area contributed by atoms with Crippen LogP contribution in [0.3, 0.4) is 0 Å².